The summed E-state index contributed by atoms with van der Waals surface area (Å²) < 4.78 is 60.1. The van der Waals surface area contributed by atoms with Gasteiger partial charge in [0.05, 0.1) is 6.61 Å². The average molecular weight is 460 g/mol. The molecule has 0 saturated carbocycles. The molecule has 0 aromatic heterocycles. The molecule has 11 heteroatoms. The molecule has 0 saturated heterocycles. The van der Waals surface area contributed by atoms with Gasteiger partial charge in [0.25, 0.3) is 0 Å². The van der Waals surface area contributed by atoms with E-state index in [0.717, 1.165) is 0 Å². The molecular formula is C21H28F4N4O3. The number of benzene rings is 1. The van der Waals surface area contributed by atoms with E-state index in [4.69, 9.17) is 5.53 Å². The minimum Gasteiger partial charge on any atom is -0.462 e. The zero-order chi connectivity index (χ0) is 24.8. The summed E-state index contributed by atoms with van der Waals surface area (Å²) in [4.78, 5) is 26.6. The fourth-order valence-electron chi connectivity index (χ4n) is 3.11. The van der Waals surface area contributed by atoms with Crippen LogP contribution < -0.4 is 5.32 Å². The van der Waals surface area contributed by atoms with Gasteiger partial charge in [-0.05, 0) is 29.7 Å². The Hall–Kier alpha value is -2.81. The highest BCUT2D eigenvalue weighted by Gasteiger charge is 2.37. The van der Waals surface area contributed by atoms with Gasteiger partial charge in [0, 0.05) is 16.9 Å². The molecule has 0 aliphatic heterocycles. The molecule has 1 rings (SSSR count). The zero-order valence-electron chi connectivity index (χ0n) is 18.9. The van der Waals surface area contributed by atoms with Gasteiger partial charge in [0.1, 0.15) is 11.3 Å². The van der Waals surface area contributed by atoms with E-state index in [1.54, 1.807) is 0 Å². The van der Waals surface area contributed by atoms with Gasteiger partial charge >= 0.3 is 5.97 Å². The predicted molar refractivity (Wildman–Crippen MR) is 110 cm³/mol. The Morgan fingerprint density at radius 2 is 1.59 bits per heavy atom. The lowest BCUT2D eigenvalue weighted by Crippen LogP contribution is -2.44. The number of esters is 1. The Labute approximate surface area is 184 Å². The van der Waals surface area contributed by atoms with E-state index in [1.165, 1.54) is 0 Å². The van der Waals surface area contributed by atoms with E-state index in [0.29, 0.717) is 11.8 Å². The van der Waals surface area contributed by atoms with Crippen molar-refractivity contribution >= 4 is 17.6 Å². The van der Waals surface area contributed by atoms with Crippen LogP contribution in [0.15, 0.2) is 5.11 Å². The van der Waals surface area contributed by atoms with E-state index >= 15 is 0 Å². The van der Waals surface area contributed by atoms with Crippen LogP contribution in [-0.4, -0.2) is 25.0 Å². The normalized spacial score (nSPS) is 13.3. The number of nitrogens with one attached hydrogen (secondary N) is 1. The molecule has 7 nitrogen and oxygen atoms in total. The minimum atomic E-state index is -2.03. The van der Waals surface area contributed by atoms with Gasteiger partial charge in [-0.25, -0.2) is 22.4 Å². The van der Waals surface area contributed by atoms with E-state index in [-0.39, 0.29) is 31.4 Å². The highest BCUT2D eigenvalue weighted by molar-refractivity contribution is 5.90. The van der Waals surface area contributed by atoms with Crippen molar-refractivity contribution in [3.63, 3.8) is 0 Å². The van der Waals surface area contributed by atoms with Gasteiger partial charge in [-0.3, -0.25) is 4.79 Å². The molecule has 1 aromatic rings. The second-order valence-corrected chi connectivity index (χ2v) is 8.53. The molecule has 178 valence electrons. The Morgan fingerprint density at radius 3 is 2.06 bits per heavy atom. The SMILES string of the molecule is CC(C)C(C)C(C)C(C)(C)C(=O)NCCCOC(=O)c1c(F)c(F)c(N=[N+]=[N-])c(F)c1F. The Balaban J connectivity index is 2.70. The summed E-state index contributed by atoms with van der Waals surface area (Å²) in [6, 6.07) is 0. The number of carbonyl (C=O) groups excluding carboxylic acids is 2. The number of carbonyl (C=O) groups is 2. The van der Waals surface area contributed by atoms with Gasteiger partial charge in [-0.2, -0.15) is 0 Å². The molecule has 1 N–H and O–H groups in total. The number of halogens is 4. The molecule has 0 spiro atoms. The molecule has 2 atom stereocenters. The van der Waals surface area contributed by atoms with Crippen LogP contribution in [0.25, 0.3) is 10.4 Å². The van der Waals surface area contributed by atoms with Crippen LogP contribution >= 0.6 is 0 Å². The first-order valence-corrected chi connectivity index (χ1v) is 10.1. The van der Waals surface area contributed by atoms with Crippen LogP contribution in [0.1, 0.15) is 58.3 Å². The lowest BCUT2D eigenvalue weighted by molar-refractivity contribution is -0.133. The summed E-state index contributed by atoms with van der Waals surface area (Å²) in [6.45, 7) is 11.7. The fraction of sp³-hybridized carbons (Fsp3) is 0.619. The highest BCUT2D eigenvalue weighted by Crippen LogP contribution is 2.36. The number of hydrogen-bond acceptors (Lipinski definition) is 4. The third-order valence-corrected chi connectivity index (χ3v) is 5.99. The molecule has 32 heavy (non-hydrogen) atoms. The van der Waals surface area contributed by atoms with Crippen molar-refractivity contribution in [3.05, 3.63) is 39.3 Å². The summed E-state index contributed by atoms with van der Waals surface area (Å²) in [5, 5.41) is 5.27. The van der Waals surface area contributed by atoms with Crippen molar-refractivity contribution in [1.82, 2.24) is 5.32 Å². The molecule has 0 aliphatic rings. The maximum atomic E-state index is 14.0. The molecule has 0 radical (unpaired) electrons. The second kappa shape index (κ2) is 11.2. The summed E-state index contributed by atoms with van der Waals surface area (Å²) >= 11 is 0. The lowest BCUT2D eigenvalue weighted by Gasteiger charge is -2.36. The third-order valence-electron chi connectivity index (χ3n) is 5.99. The van der Waals surface area contributed by atoms with Crippen LogP contribution in [0.5, 0.6) is 0 Å². The molecule has 1 amide bonds. The third kappa shape index (κ3) is 5.91. The predicted octanol–water partition coefficient (Wildman–Crippen LogP) is 5.80. The first kappa shape index (κ1) is 27.2. The number of nitrogens with zero attached hydrogens (tertiary/aromatic N) is 3. The standard InChI is InChI=1S/C21H28F4N4O3/c1-10(2)11(3)12(4)21(5,6)20(31)27-8-7-9-32-19(30)13-14(22)16(24)18(28-29-26)17(25)15(13)23/h10-12H,7-9H2,1-6H3,(H,27,31). The molecule has 1 aromatic carbocycles. The van der Waals surface area contributed by atoms with Crippen LogP contribution in [0.4, 0.5) is 23.2 Å². The van der Waals surface area contributed by atoms with E-state index in [1.807, 2.05) is 20.8 Å². The van der Waals surface area contributed by atoms with E-state index in [2.05, 4.69) is 40.9 Å². The van der Waals surface area contributed by atoms with Crippen molar-refractivity contribution in [3.8, 4) is 0 Å². The summed E-state index contributed by atoms with van der Waals surface area (Å²) in [5.74, 6) is -9.11. The Morgan fingerprint density at radius 1 is 1.06 bits per heavy atom. The second-order valence-electron chi connectivity index (χ2n) is 8.53. The molecule has 0 fully saturated rings. The van der Waals surface area contributed by atoms with Crippen LogP contribution in [0.3, 0.4) is 0 Å². The number of hydrogen-bond donors (Lipinski definition) is 1. The van der Waals surface area contributed by atoms with E-state index in [9.17, 15) is 27.2 Å². The topological polar surface area (TPSA) is 104 Å². The van der Waals surface area contributed by atoms with Gasteiger partial charge in [-0.1, -0.05) is 46.7 Å². The van der Waals surface area contributed by atoms with Gasteiger partial charge in [-0.15, -0.1) is 0 Å². The Bertz CT molecular complexity index is 886. The van der Waals surface area contributed by atoms with Gasteiger partial charge < -0.3 is 10.1 Å². The van der Waals surface area contributed by atoms with Crippen molar-refractivity contribution in [2.24, 2.45) is 28.3 Å². The van der Waals surface area contributed by atoms with Gasteiger partial charge in [0.15, 0.2) is 23.3 Å². The maximum absolute atomic E-state index is 14.0. The number of azide groups is 1. The molecule has 0 heterocycles. The number of rotatable bonds is 10. The number of ether oxygens (including phenoxy) is 1. The lowest BCUT2D eigenvalue weighted by atomic mass is 9.69. The molecular weight excluding hydrogens is 432 g/mol. The summed E-state index contributed by atoms with van der Waals surface area (Å²) in [5.41, 5.74) is 4.47. The van der Waals surface area contributed by atoms with Gasteiger partial charge in [0.2, 0.25) is 5.91 Å². The smallest absolute Gasteiger partial charge is 0.344 e. The van der Waals surface area contributed by atoms with Crippen LogP contribution in [0, 0.1) is 46.4 Å². The van der Waals surface area contributed by atoms with Crippen molar-refractivity contribution < 1.29 is 31.9 Å². The number of amides is 1. The summed E-state index contributed by atoms with van der Waals surface area (Å²) in [7, 11) is 0. The average Bonchev–Trinajstić information content (AvgIpc) is 2.73. The quantitative estimate of drug-likeness (QED) is 0.0907. The zero-order valence-corrected chi connectivity index (χ0v) is 18.9. The Kier molecular flexibility index (Phi) is 9.51. The van der Waals surface area contributed by atoms with Crippen LogP contribution in [-0.2, 0) is 9.53 Å². The summed E-state index contributed by atoms with van der Waals surface area (Å²) in [6.07, 6.45) is 0.104. The molecule has 2 unspecified atom stereocenters. The molecule has 0 aliphatic carbocycles. The minimum absolute atomic E-state index is 0.0874. The largest absolute Gasteiger partial charge is 0.462 e. The first-order chi connectivity index (χ1) is 14.8. The maximum Gasteiger partial charge on any atom is 0.344 e. The monoisotopic (exact) mass is 460 g/mol. The van der Waals surface area contributed by atoms with Crippen molar-refractivity contribution in [2.45, 2.75) is 48.0 Å². The molecule has 0 bridgehead atoms. The van der Waals surface area contributed by atoms with Crippen molar-refractivity contribution in [2.75, 3.05) is 13.2 Å². The van der Waals surface area contributed by atoms with Crippen molar-refractivity contribution in [1.29, 1.82) is 0 Å². The van der Waals surface area contributed by atoms with E-state index < -0.39 is 45.9 Å². The van der Waals surface area contributed by atoms with Crippen LogP contribution in [0.2, 0.25) is 0 Å². The first-order valence-electron chi connectivity index (χ1n) is 10.1. The fourth-order valence-corrected chi connectivity index (χ4v) is 3.11. The highest BCUT2D eigenvalue weighted by atomic mass is 19.2.